The summed E-state index contributed by atoms with van der Waals surface area (Å²) in [5.74, 6) is 0. The molecule has 0 unspecified atom stereocenters. The number of nitrogens with zero attached hydrogens (tertiary/aromatic N) is 3. The van der Waals surface area contributed by atoms with Gasteiger partial charge in [-0.3, -0.25) is 0 Å². The molecular weight excluding hydrogens is 316 g/mol. The van der Waals surface area contributed by atoms with Crippen molar-refractivity contribution in [1.29, 1.82) is 0 Å². The summed E-state index contributed by atoms with van der Waals surface area (Å²) >= 11 is 9.37. The van der Waals surface area contributed by atoms with Crippen LogP contribution in [0.2, 0.25) is 5.02 Å². The van der Waals surface area contributed by atoms with E-state index in [1.807, 2.05) is 24.4 Å². The van der Waals surface area contributed by atoms with Gasteiger partial charge in [0, 0.05) is 17.1 Å². The Morgan fingerprint density at radius 2 is 2.28 bits per heavy atom. The van der Waals surface area contributed by atoms with Gasteiger partial charge in [0.25, 0.3) is 0 Å². The van der Waals surface area contributed by atoms with Crippen LogP contribution in [-0.4, -0.2) is 21.0 Å². The molecule has 0 radical (unpaired) electrons. The Bertz CT molecular complexity index is 565. The van der Waals surface area contributed by atoms with Gasteiger partial charge in [0.15, 0.2) is 0 Å². The highest BCUT2D eigenvalue weighted by atomic mass is 79.9. The molecule has 0 spiro atoms. The molecule has 0 saturated heterocycles. The fourth-order valence-corrected chi connectivity index (χ4v) is 2.15. The maximum absolute atomic E-state index is 5.96. The first-order valence-electron chi connectivity index (χ1n) is 5.82. The van der Waals surface area contributed by atoms with Crippen LogP contribution in [0.1, 0.15) is 18.5 Å². The SMILES string of the molecule is Clc1ccc(-n2cc(CNC3CC3)nn2)cc1Br. The molecule has 18 heavy (non-hydrogen) atoms. The van der Waals surface area contributed by atoms with Crippen molar-refractivity contribution in [3.05, 3.63) is 39.6 Å². The Kier molecular flexibility index (Phi) is 3.37. The summed E-state index contributed by atoms with van der Waals surface area (Å²) in [5, 5.41) is 12.4. The maximum atomic E-state index is 5.96. The Morgan fingerprint density at radius 1 is 1.44 bits per heavy atom. The van der Waals surface area contributed by atoms with E-state index in [-0.39, 0.29) is 0 Å². The molecule has 1 fully saturated rings. The van der Waals surface area contributed by atoms with Crippen molar-refractivity contribution in [2.45, 2.75) is 25.4 Å². The molecule has 3 rings (SSSR count). The average molecular weight is 328 g/mol. The van der Waals surface area contributed by atoms with Crippen molar-refractivity contribution in [3.63, 3.8) is 0 Å². The normalized spacial score (nSPS) is 15.0. The highest BCUT2D eigenvalue weighted by Gasteiger charge is 2.20. The summed E-state index contributed by atoms with van der Waals surface area (Å²) in [6.07, 6.45) is 4.49. The number of hydrogen-bond acceptors (Lipinski definition) is 3. The quantitative estimate of drug-likeness (QED) is 0.939. The van der Waals surface area contributed by atoms with E-state index in [2.05, 4.69) is 31.6 Å². The zero-order valence-electron chi connectivity index (χ0n) is 9.61. The Hall–Kier alpha value is -0.910. The Morgan fingerprint density at radius 3 is 3.00 bits per heavy atom. The molecule has 6 heteroatoms. The summed E-state index contributed by atoms with van der Waals surface area (Å²) in [6, 6.07) is 6.36. The molecule has 1 aromatic carbocycles. The molecule has 1 heterocycles. The van der Waals surface area contributed by atoms with Gasteiger partial charge in [-0.2, -0.15) is 0 Å². The third-order valence-electron chi connectivity index (χ3n) is 2.86. The fourth-order valence-electron chi connectivity index (χ4n) is 1.67. The van der Waals surface area contributed by atoms with Crippen molar-refractivity contribution in [2.75, 3.05) is 0 Å². The molecule has 0 atom stereocenters. The number of aromatic nitrogens is 3. The van der Waals surface area contributed by atoms with E-state index in [1.54, 1.807) is 4.68 Å². The van der Waals surface area contributed by atoms with E-state index < -0.39 is 0 Å². The van der Waals surface area contributed by atoms with Crippen LogP contribution >= 0.6 is 27.5 Å². The lowest BCUT2D eigenvalue weighted by Crippen LogP contribution is -2.15. The minimum Gasteiger partial charge on any atom is -0.308 e. The van der Waals surface area contributed by atoms with Crippen LogP contribution in [0, 0.1) is 0 Å². The van der Waals surface area contributed by atoms with Crippen LogP contribution in [0.4, 0.5) is 0 Å². The molecule has 1 saturated carbocycles. The largest absolute Gasteiger partial charge is 0.308 e. The van der Waals surface area contributed by atoms with Crippen molar-refractivity contribution >= 4 is 27.5 Å². The second kappa shape index (κ2) is 4.99. The van der Waals surface area contributed by atoms with E-state index in [0.717, 1.165) is 22.4 Å². The summed E-state index contributed by atoms with van der Waals surface area (Å²) in [7, 11) is 0. The molecule has 94 valence electrons. The lowest BCUT2D eigenvalue weighted by molar-refractivity contribution is 0.671. The molecule has 0 amide bonds. The van der Waals surface area contributed by atoms with E-state index in [0.29, 0.717) is 11.1 Å². The molecule has 0 bridgehead atoms. The highest BCUT2D eigenvalue weighted by Crippen LogP contribution is 2.24. The van der Waals surface area contributed by atoms with E-state index in [1.165, 1.54) is 12.8 Å². The van der Waals surface area contributed by atoms with Gasteiger partial charge in [-0.15, -0.1) is 5.10 Å². The van der Waals surface area contributed by atoms with Gasteiger partial charge in [-0.25, -0.2) is 4.68 Å². The fraction of sp³-hybridized carbons (Fsp3) is 0.333. The van der Waals surface area contributed by atoms with Crippen LogP contribution in [0.15, 0.2) is 28.9 Å². The third-order valence-corrected chi connectivity index (χ3v) is 4.07. The summed E-state index contributed by atoms with van der Waals surface area (Å²) < 4.78 is 2.61. The van der Waals surface area contributed by atoms with Crippen molar-refractivity contribution in [2.24, 2.45) is 0 Å². The highest BCUT2D eigenvalue weighted by molar-refractivity contribution is 9.10. The van der Waals surface area contributed by atoms with E-state index in [4.69, 9.17) is 11.6 Å². The molecule has 2 aromatic rings. The summed E-state index contributed by atoms with van der Waals surface area (Å²) in [5.41, 5.74) is 1.89. The van der Waals surface area contributed by atoms with Gasteiger partial charge in [0.1, 0.15) is 0 Å². The first-order valence-corrected chi connectivity index (χ1v) is 6.99. The summed E-state index contributed by atoms with van der Waals surface area (Å²) in [4.78, 5) is 0. The molecule has 4 nitrogen and oxygen atoms in total. The van der Waals surface area contributed by atoms with Crippen molar-refractivity contribution in [1.82, 2.24) is 20.3 Å². The number of benzene rings is 1. The smallest absolute Gasteiger partial charge is 0.0969 e. The number of halogens is 2. The molecule has 1 aliphatic carbocycles. The Balaban J connectivity index is 1.76. The first-order chi connectivity index (χ1) is 8.72. The topological polar surface area (TPSA) is 42.7 Å². The zero-order valence-corrected chi connectivity index (χ0v) is 11.9. The average Bonchev–Trinajstić information content (AvgIpc) is 3.08. The minimum absolute atomic E-state index is 0.680. The zero-order chi connectivity index (χ0) is 12.5. The first kappa shape index (κ1) is 12.1. The molecule has 1 aromatic heterocycles. The standard InChI is InChI=1S/C12H12BrClN4/c13-11-5-10(3-4-12(11)14)18-7-9(16-17-18)6-15-8-1-2-8/h3-5,7-8,15H,1-2,6H2. The van der Waals surface area contributed by atoms with Gasteiger partial charge in [0.2, 0.25) is 0 Å². The van der Waals surface area contributed by atoms with Crippen LogP contribution < -0.4 is 5.32 Å². The second-order valence-electron chi connectivity index (χ2n) is 4.41. The molecular formula is C12H12BrClN4. The predicted octanol–water partition coefficient (Wildman–Crippen LogP) is 2.94. The monoisotopic (exact) mass is 326 g/mol. The number of nitrogens with one attached hydrogen (secondary N) is 1. The minimum atomic E-state index is 0.680. The Labute approximate surface area is 118 Å². The molecule has 1 N–H and O–H groups in total. The van der Waals surface area contributed by atoms with Gasteiger partial charge >= 0.3 is 0 Å². The molecule has 1 aliphatic rings. The summed E-state index contributed by atoms with van der Waals surface area (Å²) in [6.45, 7) is 0.777. The second-order valence-corrected chi connectivity index (χ2v) is 5.67. The van der Waals surface area contributed by atoms with Gasteiger partial charge in [-0.05, 0) is 47.0 Å². The van der Waals surface area contributed by atoms with Gasteiger partial charge in [-0.1, -0.05) is 16.8 Å². The van der Waals surface area contributed by atoms with Crippen molar-refractivity contribution in [3.8, 4) is 5.69 Å². The van der Waals surface area contributed by atoms with Gasteiger partial charge < -0.3 is 5.32 Å². The maximum Gasteiger partial charge on any atom is 0.0969 e. The lowest BCUT2D eigenvalue weighted by Gasteiger charge is -2.02. The molecule has 0 aliphatic heterocycles. The van der Waals surface area contributed by atoms with Crippen LogP contribution in [0.5, 0.6) is 0 Å². The van der Waals surface area contributed by atoms with Crippen molar-refractivity contribution < 1.29 is 0 Å². The van der Waals surface area contributed by atoms with Crippen LogP contribution in [0.3, 0.4) is 0 Å². The lowest BCUT2D eigenvalue weighted by atomic mass is 10.3. The predicted molar refractivity (Wildman–Crippen MR) is 73.9 cm³/mol. The van der Waals surface area contributed by atoms with E-state index >= 15 is 0 Å². The number of hydrogen-bond donors (Lipinski definition) is 1. The van der Waals surface area contributed by atoms with Crippen LogP contribution in [0.25, 0.3) is 5.69 Å². The number of rotatable bonds is 4. The van der Waals surface area contributed by atoms with Crippen LogP contribution in [-0.2, 0) is 6.54 Å². The van der Waals surface area contributed by atoms with E-state index in [9.17, 15) is 0 Å². The third kappa shape index (κ3) is 2.74. The van der Waals surface area contributed by atoms with Gasteiger partial charge in [0.05, 0.1) is 22.6 Å².